The molecule has 1 aliphatic carbocycles. The molecule has 2 aromatic carbocycles. The van der Waals surface area contributed by atoms with Crippen molar-refractivity contribution >= 4 is 76.0 Å². The number of nitrogens with one attached hydrogen (secondary N) is 7. The molecule has 0 saturated heterocycles. The molecule has 2 aromatic heterocycles. The van der Waals surface area contributed by atoms with Gasteiger partial charge in [0.2, 0.25) is 41.4 Å². The molecule has 0 radical (unpaired) electrons. The van der Waals surface area contributed by atoms with E-state index in [0.717, 1.165) is 17.1 Å². The van der Waals surface area contributed by atoms with Gasteiger partial charge in [0.25, 0.3) is 17.4 Å². The van der Waals surface area contributed by atoms with E-state index in [9.17, 15) is 67.7 Å². The van der Waals surface area contributed by atoms with Gasteiger partial charge in [0.15, 0.2) is 5.60 Å². The lowest BCUT2D eigenvalue weighted by Crippen LogP contribution is -2.53. The zero-order valence-corrected chi connectivity index (χ0v) is 45.3. The lowest BCUT2D eigenvalue weighted by Gasteiger charge is -2.31. The van der Waals surface area contributed by atoms with Crippen LogP contribution in [0.15, 0.2) is 59.4 Å². The van der Waals surface area contributed by atoms with Crippen LogP contribution in [0.1, 0.15) is 96.9 Å². The number of carbonyl (C=O) groups excluding carboxylic acids is 10. The highest BCUT2D eigenvalue weighted by atomic mass is 19.1. The van der Waals surface area contributed by atoms with Crippen molar-refractivity contribution < 1.29 is 76.8 Å². The summed E-state index contributed by atoms with van der Waals surface area (Å²) in [5, 5.41) is 38.5. The van der Waals surface area contributed by atoms with Crippen LogP contribution in [0.2, 0.25) is 0 Å². The van der Waals surface area contributed by atoms with E-state index in [1.54, 1.807) is 50.2 Å². The Kier molecular flexibility index (Phi) is 18.8. The number of hydrogen-bond acceptors (Lipinski definition) is 16. The first-order valence-corrected chi connectivity index (χ1v) is 26.8. The number of aliphatic hydroxyl groups is 1. The SMILES string of the molecule is CC[C@@]1(O)C(=O)OCc2c1cc1n(c2=O)Cc2c-1nc1cc(F)c(C)c3c1c2[C@@H](NC(=O)COCNC(=O)CNC(=O)[C@H](Cc1ccccc1)NC(=O)CNC(=O)CNC(=O)[C@H](CC(=O)O)NC(=O)CCCCCN1C(=O)C=CC1=O)CC3. The molecule has 8 rings (SSSR count). The maximum Gasteiger partial charge on any atom is 0.343 e. The highest BCUT2D eigenvalue weighted by Gasteiger charge is 2.46. The molecule has 0 fully saturated rings. The normalized spacial score (nSPS) is 17.1. The first-order valence-electron chi connectivity index (χ1n) is 26.8. The van der Waals surface area contributed by atoms with Crippen LogP contribution < -0.4 is 42.8 Å². The van der Waals surface area contributed by atoms with Gasteiger partial charge in [-0.25, -0.2) is 14.2 Å². The van der Waals surface area contributed by atoms with Gasteiger partial charge in [0.05, 0.1) is 61.1 Å². The largest absolute Gasteiger partial charge is 0.481 e. The molecule has 27 heteroatoms. The second-order valence-electron chi connectivity index (χ2n) is 20.3. The van der Waals surface area contributed by atoms with Gasteiger partial charge in [0, 0.05) is 54.1 Å². The van der Waals surface area contributed by atoms with Crippen LogP contribution in [0.3, 0.4) is 0 Å². The molecule has 26 nitrogen and oxygen atoms in total. The van der Waals surface area contributed by atoms with Crippen LogP contribution in [0.5, 0.6) is 0 Å². The minimum Gasteiger partial charge on any atom is -0.481 e. The fraction of sp³-hybridized carbons (Fsp3) is 0.411. The number of aliphatic carboxylic acids is 1. The third kappa shape index (κ3) is 13.8. The van der Waals surface area contributed by atoms with Crippen LogP contribution in [0.25, 0.3) is 22.3 Å². The predicted octanol–water partition coefficient (Wildman–Crippen LogP) is -0.758. The fourth-order valence-electron chi connectivity index (χ4n) is 10.4. The van der Waals surface area contributed by atoms with E-state index in [2.05, 4.69) is 37.2 Å². The lowest BCUT2D eigenvalue weighted by molar-refractivity contribution is -0.172. The van der Waals surface area contributed by atoms with E-state index in [-0.39, 0.29) is 55.6 Å². The average Bonchev–Trinajstić information content (AvgIpc) is 1.88. The van der Waals surface area contributed by atoms with Crippen LogP contribution in [-0.4, -0.2) is 141 Å². The summed E-state index contributed by atoms with van der Waals surface area (Å²) in [5.41, 5.74) is 1.57. The Morgan fingerprint density at radius 1 is 0.819 bits per heavy atom. The molecule has 4 aliphatic rings. The highest BCUT2D eigenvalue weighted by Crippen LogP contribution is 2.46. The van der Waals surface area contributed by atoms with Crippen molar-refractivity contribution in [3.63, 3.8) is 0 Å². The molecule has 83 heavy (non-hydrogen) atoms. The number of rotatable bonds is 26. The molecule has 4 aromatic rings. The van der Waals surface area contributed by atoms with Gasteiger partial charge in [-0.3, -0.25) is 57.6 Å². The number of nitrogens with zero attached hydrogens (tertiary/aromatic N) is 3. The van der Waals surface area contributed by atoms with E-state index < -0.39 is 140 Å². The second kappa shape index (κ2) is 26.1. The van der Waals surface area contributed by atoms with E-state index in [1.165, 1.54) is 10.6 Å². The van der Waals surface area contributed by atoms with Gasteiger partial charge in [-0.1, -0.05) is 43.7 Å². The molecule has 438 valence electrons. The number of hydrogen-bond donors (Lipinski definition) is 9. The van der Waals surface area contributed by atoms with Crippen molar-refractivity contribution in [1.82, 2.24) is 51.7 Å². The van der Waals surface area contributed by atoms with E-state index in [4.69, 9.17) is 14.5 Å². The Morgan fingerprint density at radius 2 is 1.49 bits per heavy atom. The Balaban J connectivity index is 0.794. The van der Waals surface area contributed by atoms with Crippen LogP contribution in [0, 0.1) is 12.7 Å². The molecule has 0 spiro atoms. The van der Waals surface area contributed by atoms with Gasteiger partial charge in [-0.15, -0.1) is 0 Å². The van der Waals surface area contributed by atoms with Crippen molar-refractivity contribution in [3.05, 3.63) is 110 Å². The number of esters is 1. The van der Waals surface area contributed by atoms with Crippen molar-refractivity contribution in [2.75, 3.05) is 39.5 Å². The quantitative estimate of drug-likeness (QED) is 0.0142. The standard InChI is InChI=1S/C56H61FN10O16/c1-3-56(81)34-19-40-51-32(25-67(40)54(79)33(34)26-83-55(56)80)50-36(14-13-31-29(2)35(57)20-37(65-51)49(31)50)62-45(72)27-82-28-61-43(70)23-60-52(77)38(18-30-10-6-4-7-11-30)64-44(71)24-58-42(69)22-59-53(78)39(21-48(75)76)63-41(68)12-8-5-9-17-66-46(73)15-16-47(66)74/h4,6-7,10-11,15-16,19-20,36,38-39,81H,3,5,8-9,12-14,17-18,21-28H2,1-2H3,(H,58,69)(H,59,78)(H,60,77)(H,61,70)(H,62,72)(H,63,68)(H,64,71)(H,75,76)/t36-,38-,39-,56-/m0/s1. The van der Waals surface area contributed by atoms with Crippen molar-refractivity contribution in [2.24, 2.45) is 0 Å². The summed E-state index contributed by atoms with van der Waals surface area (Å²) in [6.07, 6.45) is 3.20. The zero-order chi connectivity index (χ0) is 59.7. The van der Waals surface area contributed by atoms with Crippen LogP contribution in [0.4, 0.5) is 4.39 Å². The molecule has 5 heterocycles. The number of fused-ring (bicyclic) bond motifs is 5. The summed E-state index contributed by atoms with van der Waals surface area (Å²) >= 11 is 0. The van der Waals surface area contributed by atoms with Gasteiger partial charge < -0.3 is 61.5 Å². The number of carboxylic acid groups (broad SMARTS) is 1. The van der Waals surface area contributed by atoms with E-state index >= 15 is 4.39 Å². The maximum atomic E-state index is 15.4. The third-order valence-electron chi connectivity index (χ3n) is 14.8. The number of imide groups is 1. The highest BCUT2D eigenvalue weighted by molar-refractivity contribution is 6.12. The number of cyclic esters (lactones) is 1. The first-order chi connectivity index (χ1) is 39.7. The summed E-state index contributed by atoms with van der Waals surface area (Å²) in [5.74, 6) is -9.07. The molecular weight excluding hydrogens is 1090 g/mol. The fourth-order valence-corrected chi connectivity index (χ4v) is 10.4. The van der Waals surface area contributed by atoms with Gasteiger partial charge >= 0.3 is 11.9 Å². The minimum absolute atomic E-state index is 0.0297. The number of ether oxygens (including phenoxy) is 2. The Labute approximate surface area is 472 Å². The van der Waals surface area contributed by atoms with Gasteiger partial charge in [-0.05, 0) is 67.3 Å². The lowest BCUT2D eigenvalue weighted by atomic mass is 9.81. The molecular formula is C56H61FN10O16. The smallest absolute Gasteiger partial charge is 0.343 e. The summed E-state index contributed by atoms with van der Waals surface area (Å²) in [6, 6.07) is 7.92. The Bertz CT molecular complexity index is 3400. The molecule has 0 saturated carbocycles. The average molecular weight is 1150 g/mol. The van der Waals surface area contributed by atoms with E-state index in [1.807, 2.05) is 0 Å². The van der Waals surface area contributed by atoms with Gasteiger partial charge in [-0.2, -0.15) is 0 Å². The van der Waals surface area contributed by atoms with Gasteiger partial charge in [0.1, 0.15) is 37.8 Å². The number of aromatic nitrogens is 2. The number of halogens is 1. The molecule has 9 amide bonds. The zero-order valence-electron chi connectivity index (χ0n) is 45.3. The third-order valence-corrected chi connectivity index (χ3v) is 14.8. The first kappa shape index (κ1) is 59.9. The number of amides is 9. The topological polar surface area (TPSA) is 369 Å². The van der Waals surface area contributed by atoms with E-state index in [0.29, 0.717) is 76.7 Å². The number of benzene rings is 2. The van der Waals surface area contributed by atoms with Crippen molar-refractivity contribution in [3.8, 4) is 11.4 Å². The Morgan fingerprint density at radius 3 is 2.19 bits per heavy atom. The molecule has 9 N–H and O–H groups in total. The van der Waals surface area contributed by atoms with Crippen molar-refractivity contribution in [2.45, 2.75) is 109 Å². The number of carbonyl (C=O) groups is 11. The second-order valence-corrected chi connectivity index (χ2v) is 20.3. The summed E-state index contributed by atoms with van der Waals surface area (Å²) < 4.78 is 27.5. The summed E-state index contributed by atoms with van der Waals surface area (Å²) in [6.45, 7) is 0.137. The monoisotopic (exact) mass is 1150 g/mol. The number of unbranched alkanes of at least 4 members (excludes halogenated alkanes) is 2. The number of aryl methyl sites for hydroxylation is 1. The maximum absolute atomic E-state index is 15.4. The van der Waals surface area contributed by atoms with Crippen molar-refractivity contribution in [1.29, 1.82) is 0 Å². The molecule has 4 atom stereocenters. The number of pyridine rings is 2. The minimum atomic E-state index is -2.07. The van der Waals surface area contributed by atoms with Crippen LogP contribution in [-0.2, 0) is 93.8 Å². The van der Waals surface area contributed by atoms with Crippen LogP contribution >= 0.6 is 0 Å². The number of carboxylic acids is 1. The summed E-state index contributed by atoms with van der Waals surface area (Å²) in [7, 11) is 0. The predicted molar refractivity (Wildman–Crippen MR) is 287 cm³/mol. The molecule has 0 bridgehead atoms. The molecule has 3 aliphatic heterocycles. The molecule has 0 unspecified atom stereocenters. The Hall–Kier alpha value is -9.24. The summed E-state index contributed by atoms with van der Waals surface area (Å²) in [4.78, 5) is 158.